The first-order valence-corrected chi connectivity index (χ1v) is 21.6. The summed E-state index contributed by atoms with van der Waals surface area (Å²) in [6.45, 7) is 10.1. The first-order valence-electron chi connectivity index (χ1n) is 16.8. The summed E-state index contributed by atoms with van der Waals surface area (Å²) in [5.74, 6) is -0.499. The van der Waals surface area contributed by atoms with E-state index in [-0.39, 0.29) is 16.9 Å². The van der Waals surface area contributed by atoms with Crippen molar-refractivity contribution in [3.63, 3.8) is 0 Å². The molecule has 4 aromatic carbocycles. The summed E-state index contributed by atoms with van der Waals surface area (Å²) >= 11 is 3.22. The molecule has 1 aliphatic heterocycles. The number of aromatic nitrogens is 1. The van der Waals surface area contributed by atoms with Crippen molar-refractivity contribution in [1.82, 2.24) is 0 Å². The van der Waals surface area contributed by atoms with Gasteiger partial charge in [0.2, 0.25) is 5.52 Å². The second kappa shape index (κ2) is 14.7. The van der Waals surface area contributed by atoms with Gasteiger partial charge < -0.3 is 4.90 Å². The third-order valence-electron chi connectivity index (χ3n) is 9.28. The Balaban J connectivity index is 1.37. The first kappa shape index (κ1) is 36.5. The lowest BCUT2D eigenvalue weighted by atomic mass is 10.1. The van der Waals surface area contributed by atoms with Crippen molar-refractivity contribution in [2.45, 2.75) is 45.6 Å². The average molecular weight is 754 g/mol. The number of quaternary nitrogens is 1. The second-order valence-electron chi connectivity index (χ2n) is 12.5. The van der Waals surface area contributed by atoms with E-state index in [0.29, 0.717) is 32.6 Å². The third-order valence-corrected chi connectivity index (χ3v) is 13.5. The van der Waals surface area contributed by atoms with Gasteiger partial charge in [-0.05, 0) is 68.3 Å². The fourth-order valence-corrected chi connectivity index (χ4v) is 10.8. The van der Waals surface area contributed by atoms with Crippen molar-refractivity contribution < 1.29 is 34.9 Å². The molecule has 0 radical (unpaired) electrons. The van der Waals surface area contributed by atoms with E-state index in [0.717, 1.165) is 58.0 Å². The van der Waals surface area contributed by atoms with E-state index in [4.69, 9.17) is 4.28 Å². The lowest BCUT2D eigenvalue weighted by Gasteiger charge is -2.30. The highest BCUT2D eigenvalue weighted by molar-refractivity contribution is 8.03. The van der Waals surface area contributed by atoms with Gasteiger partial charge in [0.15, 0.2) is 6.54 Å². The zero-order valence-corrected chi connectivity index (χ0v) is 32.0. The van der Waals surface area contributed by atoms with Crippen LogP contribution in [-0.2, 0) is 31.1 Å². The Morgan fingerprint density at radius 1 is 0.880 bits per heavy atom. The lowest BCUT2D eigenvalue weighted by molar-refractivity contribution is -1.08. The maximum Gasteiger partial charge on any atom is 0.314 e. The van der Waals surface area contributed by atoms with Crippen LogP contribution in [0, 0.1) is 0 Å². The molecule has 50 heavy (non-hydrogen) atoms. The summed E-state index contributed by atoms with van der Waals surface area (Å²) in [5.41, 5.74) is 2.93. The van der Waals surface area contributed by atoms with Gasteiger partial charge in [0, 0.05) is 29.3 Å². The minimum absolute atomic E-state index is 0.0717. The zero-order chi connectivity index (χ0) is 35.7. The van der Waals surface area contributed by atoms with Crippen LogP contribution in [0.1, 0.15) is 39.1 Å². The number of thiazole rings is 1. The first-order chi connectivity index (χ1) is 23.9. The van der Waals surface area contributed by atoms with Crippen LogP contribution in [0.4, 0.5) is 5.69 Å². The number of rotatable bonds is 14. The molecule has 0 saturated carbocycles. The highest BCUT2D eigenvalue weighted by Crippen LogP contribution is 2.49. The Bertz CT molecular complexity index is 2340. The molecule has 1 N–H and O–H groups in total. The Morgan fingerprint density at radius 3 is 2.20 bits per heavy atom. The molecule has 0 fully saturated rings. The average Bonchev–Trinajstić information content (AvgIpc) is 3.63. The van der Waals surface area contributed by atoms with Crippen LogP contribution in [0.3, 0.4) is 0 Å². The number of allylic oxidation sites excluding steroid dienone is 2. The fourth-order valence-electron chi connectivity index (χ4n) is 6.55. The number of fused-ring (bicyclic) bond motifs is 6. The number of hydrogen-bond donors (Lipinski definition) is 1. The van der Waals surface area contributed by atoms with Gasteiger partial charge in [-0.1, -0.05) is 82.0 Å². The number of benzene rings is 4. The van der Waals surface area contributed by atoms with Gasteiger partial charge in [0.1, 0.15) is 24.3 Å². The molecule has 2 heterocycles. The van der Waals surface area contributed by atoms with Gasteiger partial charge in [0.05, 0.1) is 27.6 Å². The SMILES string of the molecule is CC[N+](CC)(CC)OS(=O)(=O)CCC[n+]1c(/C=C(C)/C=C2\Sc3ccc4ccccc4c3N2CCS(=O)(=O)O)sc2ccc3ccccc3c21. The molecule has 0 unspecified atom stereocenters. The molecule has 0 atom stereocenters. The van der Waals surface area contributed by atoms with E-state index < -0.39 is 26.0 Å². The van der Waals surface area contributed by atoms with Crippen LogP contribution in [0.5, 0.6) is 0 Å². The Morgan fingerprint density at radius 2 is 1.52 bits per heavy atom. The molecule has 1 aliphatic rings. The van der Waals surface area contributed by atoms with E-state index in [1.165, 1.54) is 0 Å². The monoisotopic (exact) mass is 753 g/mol. The summed E-state index contributed by atoms with van der Waals surface area (Å²) in [6, 6.07) is 24.6. The quantitative estimate of drug-likeness (QED) is 0.0531. The van der Waals surface area contributed by atoms with Crippen molar-refractivity contribution in [2.24, 2.45) is 0 Å². The fraction of sp³-hybridized carbons (Fsp3) is 0.324. The summed E-state index contributed by atoms with van der Waals surface area (Å²) in [5, 5.41) is 6.10. The zero-order valence-electron chi connectivity index (χ0n) is 28.7. The van der Waals surface area contributed by atoms with Crippen LogP contribution in [-0.4, -0.2) is 63.7 Å². The van der Waals surface area contributed by atoms with E-state index in [2.05, 4.69) is 47.0 Å². The van der Waals surface area contributed by atoms with Gasteiger partial charge in [-0.25, -0.2) is 0 Å². The van der Waals surface area contributed by atoms with E-state index in [9.17, 15) is 21.4 Å². The van der Waals surface area contributed by atoms with E-state index in [1.807, 2.05) is 75.1 Å². The third kappa shape index (κ3) is 7.79. The van der Waals surface area contributed by atoms with Gasteiger partial charge in [-0.3, -0.25) is 4.55 Å². The van der Waals surface area contributed by atoms with Crippen LogP contribution >= 0.6 is 23.1 Å². The molecular weight excluding hydrogens is 711 g/mol. The normalized spacial score (nSPS) is 15.2. The number of nitrogens with zero attached hydrogens (tertiary/aromatic N) is 3. The number of hydrogen-bond acceptors (Lipinski definition) is 8. The van der Waals surface area contributed by atoms with E-state index >= 15 is 0 Å². The van der Waals surface area contributed by atoms with Crippen molar-refractivity contribution >= 4 is 86.9 Å². The van der Waals surface area contributed by atoms with Gasteiger partial charge in [-0.15, -0.1) is 0 Å². The number of anilines is 1. The molecule has 9 nitrogen and oxygen atoms in total. The van der Waals surface area contributed by atoms with Gasteiger partial charge in [0.25, 0.3) is 15.1 Å². The molecule has 0 bridgehead atoms. The van der Waals surface area contributed by atoms with Crippen LogP contribution in [0.25, 0.3) is 37.8 Å². The molecule has 264 valence electrons. The number of aryl methyl sites for hydroxylation is 1. The molecule has 0 spiro atoms. The Labute approximate surface area is 302 Å². The van der Waals surface area contributed by atoms with Gasteiger partial charge >= 0.3 is 10.1 Å². The summed E-state index contributed by atoms with van der Waals surface area (Å²) in [6.07, 6.45) is 4.53. The largest absolute Gasteiger partial charge is 0.333 e. The molecule has 0 saturated heterocycles. The summed E-state index contributed by atoms with van der Waals surface area (Å²) in [4.78, 5) is 2.99. The molecule has 0 amide bonds. The summed E-state index contributed by atoms with van der Waals surface area (Å²) < 4.78 is 68.8. The molecule has 13 heteroatoms. The number of thioether (sulfide) groups is 1. The lowest BCUT2D eigenvalue weighted by Crippen LogP contribution is -2.49. The minimum atomic E-state index is -4.19. The van der Waals surface area contributed by atoms with Crippen molar-refractivity contribution in [3.05, 3.63) is 94.5 Å². The smallest absolute Gasteiger partial charge is 0.314 e. The maximum atomic E-state index is 13.2. The van der Waals surface area contributed by atoms with Crippen LogP contribution in [0.2, 0.25) is 0 Å². The molecule has 6 rings (SSSR count). The Kier molecular flexibility index (Phi) is 10.8. The summed E-state index contributed by atoms with van der Waals surface area (Å²) in [7, 11) is -7.96. The topological polar surface area (TPSA) is 105 Å². The maximum absolute atomic E-state index is 13.2. The van der Waals surface area contributed by atoms with Crippen LogP contribution < -0.4 is 9.47 Å². The predicted octanol–water partition coefficient (Wildman–Crippen LogP) is 7.77. The highest BCUT2D eigenvalue weighted by Gasteiger charge is 2.32. The number of hydroxylamine groups is 3. The molecule has 1 aromatic heterocycles. The second-order valence-corrected chi connectivity index (χ2v) is 17.8. The van der Waals surface area contributed by atoms with E-state index in [1.54, 1.807) is 23.1 Å². The van der Waals surface area contributed by atoms with Crippen LogP contribution in [0.15, 0.2) is 94.4 Å². The molecule has 0 aliphatic carbocycles. The van der Waals surface area contributed by atoms with Crippen molar-refractivity contribution in [3.8, 4) is 0 Å². The predicted molar refractivity (Wildman–Crippen MR) is 206 cm³/mol. The highest BCUT2D eigenvalue weighted by atomic mass is 32.2. The Hall–Kier alpha value is -3.30. The standard InChI is InChI=1S/C37H42N3O6S4/c1-5-40(6-2,7-3)46-50(44,45)23-12-21-38-34(47-32-19-17-28-13-8-10-15-30(28)36(32)38)25-27(4)26-35-39(22-24-49(41,42)43)37-31-16-11-9-14-29(31)18-20-33(37)48-35/h8-11,13-20,25-26H,5-7,12,21-24H2,1-4H3/q+1/p+1. The molecular formula is C37H43N3O6S4+2. The van der Waals surface area contributed by atoms with Crippen molar-refractivity contribution in [2.75, 3.05) is 42.6 Å². The molecule has 5 aromatic rings. The van der Waals surface area contributed by atoms with Gasteiger partial charge in [-0.2, -0.15) is 26.0 Å². The minimum Gasteiger partial charge on any atom is -0.333 e. The van der Waals surface area contributed by atoms with Crippen molar-refractivity contribution in [1.29, 1.82) is 0 Å².